The van der Waals surface area contributed by atoms with Crippen LogP contribution in [0.2, 0.25) is 0 Å². The van der Waals surface area contributed by atoms with Crippen molar-refractivity contribution in [1.82, 2.24) is 5.32 Å². The van der Waals surface area contributed by atoms with Crippen LogP contribution in [-0.4, -0.2) is 31.9 Å². The molecule has 2 N–H and O–H groups in total. The number of hydrogen-bond acceptors (Lipinski definition) is 3. The second kappa shape index (κ2) is 8.90. The fourth-order valence-corrected chi connectivity index (χ4v) is 3.51. The van der Waals surface area contributed by atoms with Crippen molar-refractivity contribution in [2.24, 2.45) is 5.92 Å². The van der Waals surface area contributed by atoms with Crippen molar-refractivity contribution in [1.29, 1.82) is 0 Å². The van der Waals surface area contributed by atoms with Crippen LogP contribution in [0.4, 0.5) is 11.4 Å². The third kappa shape index (κ3) is 4.88. The Balaban J connectivity index is 1.45. The molecule has 0 aliphatic carbocycles. The first-order chi connectivity index (χ1) is 12.7. The molecule has 1 atom stereocenters. The molecule has 0 spiro atoms. The molecule has 1 saturated heterocycles. The first-order valence-electron chi connectivity index (χ1n) is 9.20. The minimum Gasteiger partial charge on any atom is -0.497 e. The number of anilines is 2. The lowest BCUT2D eigenvalue weighted by molar-refractivity contribution is 0.415. The molecule has 1 fully saturated rings. The molecular formula is C21H27N3OS. The van der Waals surface area contributed by atoms with Gasteiger partial charge in [0.15, 0.2) is 5.11 Å². The summed E-state index contributed by atoms with van der Waals surface area (Å²) >= 11 is 5.45. The highest BCUT2D eigenvalue weighted by molar-refractivity contribution is 7.80. The molecule has 0 bridgehead atoms. The van der Waals surface area contributed by atoms with Crippen LogP contribution in [0, 0.1) is 5.92 Å². The molecule has 4 nitrogen and oxygen atoms in total. The zero-order valence-electron chi connectivity index (χ0n) is 15.5. The van der Waals surface area contributed by atoms with E-state index in [9.17, 15) is 0 Å². The number of nitrogens with one attached hydrogen (secondary N) is 2. The molecule has 138 valence electrons. The Morgan fingerprint density at radius 1 is 1.23 bits per heavy atom. The maximum Gasteiger partial charge on any atom is 0.170 e. The Labute approximate surface area is 161 Å². The van der Waals surface area contributed by atoms with E-state index >= 15 is 0 Å². The Morgan fingerprint density at radius 2 is 2.04 bits per heavy atom. The van der Waals surface area contributed by atoms with Gasteiger partial charge < -0.3 is 20.3 Å². The third-order valence-corrected chi connectivity index (χ3v) is 5.11. The van der Waals surface area contributed by atoms with Gasteiger partial charge in [-0.3, -0.25) is 0 Å². The summed E-state index contributed by atoms with van der Waals surface area (Å²) in [6.07, 6.45) is 2.20. The number of ether oxygens (including phenoxy) is 1. The minimum absolute atomic E-state index is 0.596. The molecule has 1 aliphatic heterocycles. The fraction of sp³-hybridized carbons (Fsp3) is 0.381. The number of aryl methyl sites for hydroxylation is 1. The van der Waals surface area contributed by atoms with Crippen LogP contribution in [0.3, 0.4) is 0 Å². The summed E-state index contributed by atoms with van der Waals surface area (Å²) in [5, 5.41) is 7.36. The van der Waals surface area contributed by atoms with Gasteiger partial charge in [0.05, 0.1) is 7.11 Å². The highest BCUT2D eigenvalue weighted by atomic mass is 32.1. The largest absolute Gasteiger partial charge is 0.497 e. The summed E-state index contributed by atoms with van der Waals surface area (Å²) < 4.78 is 5.23. The minimum atomic E-state index is 0.596. The predicted octanol–water partition coefficient (Wildman–Crippen LogP) is 4.07. The Morgan fingerprint density at radius 3 is 2.77 bits per heavy atom. The molecule has 1 heterocycles. The quantitative estimate of drug-likeness (QED) is 0.751. The lowest BCUT2D eigenvalue weighted by atomic mass is 10.1. The molecule has 2 aromatic carbocycles. The molecule has 0 aromatic heterocycles. The molecule has 2 aromatic rings. The second-order valence-electron chi connectivity index (χ2n) is 6.69. The van der Waals surface area contributed by atoms with E-state index in [4.69, 9.17) is 17.0 Å². The maximum absolute atomic E-state index is 5.45. The number of thiocarbonyl (C=S) groups is 1. The Bertz CT molecular complexity index is 732. The molecule has 0 amide bonds. The summed E-state index contributed by atoms with van der Waals surface area (Å²) in [6, 6.07) is 16.7. The van der Waals surface area contributed by atoms with E-state index in [1.54, 1.807) is 7.11 Å². The zero-order chi connectivity index (χ0) is 18.4. The van der Waals surface area contributed by atoms with Crippen molar-refractivity contribution < 1.29 is 4.74 Å². The summed E-state index contributed by atoms with van der Waals surface area (Å²) in [7, 11) is 1.70. The summed E-state index contributed by atoms with van der Waals surface area (Å²) in [4.78, 5) is 2.42. The van der Waals surface area contributed by atoms with Crippen LogP contribution >= 0.6 is 12.2 Å². The first-order valence-corrected chi connectivity index (χ1v) is 9.61. The lowest BCUT2D eigenvalue weighted by Gasteiger charge is -2.19. The Hall–Kier alpha value is -2.27. The van der Waals surface area contributed by atoms with E-state index in [0.29, 0.717) is 11.0 Å². The molecule has 5 heteroatoms. The SMILES string of the molecule is CCc1cccc(NC(=S)NCC2CCN(c3ccc(OC)cc3)C2)c1. The molecule has 1 aliphatic rings. The van der Waals surface area contributed by atoms with Gasteiger partial charge in [-0.05, 0) is 72.9 Å². The number of methoxy groups -OCH3 is 1. The van der Waals surface area contributed by atoms with Gasteiger partial charge in [0.1, 0.15) is 5.75 Å². The molecular weight excluding hydrogens is 342 g/mol. The first kappa shape index (κ1) is 18.5. The van der Waals surface area contributed by atoms with Gasteiger partial charge in [0, 0.05) is 31.0 Å². The van der Waals surface area contributed by atoms with E-state index in [1.807, 2.05) is 18.2 Å². The summed E-state index contributed by atoms with van der Waals surface area (Å²) in [6.45, 7) is 5.18. The van der Waals surface area contributed by atoms with Crippen molar-refractivity contribution in [2.45, 2.75) is 19.8 Å². The van der Waals surface area contributed by atoms with E-state index in [0.717, 1.165) is 37.5 Å². The molecule has 1 unspecified atom stereocenters. The number of rotatable bonds is 6. The lowest BCUT2D eigenvalue weighted by Crippen LogP contribution is -2.34. The fourth-order valence-electron chi connectivity index (χ4n) is 3.31. The average molecular weight is 370 g/mol. The van der Waals surface area contributed by atoms with Crippen molar-refractivity contribution in [2.75, 3.05) is 37.0 Å². The standard InChI is InChI=1S/C21H27N3OS/c1-3-16-5-4-6-18(13-16)23-21(26)22-14-17-11-12-24(15-17)19-7-9-20(25-2)10-8-19/h4-10,13,17H,3,11-12,14-15H2,1-2H3,(H2,22,23,26). The normalized spacial score (nSPS) is 16.4. The molecule has 26 heavy (non-hydrogen) atoms. The number of hydrogen-bond donors (Lipinski definition) is 2. The van der Waals surface area contributed by atoms with Gasteiger partial charge in [0.2, 0.25) is 0 Å². The van der Waals surface area contributed by atoms with E-state index in [1.165, 1.54) is 17.7 Å². The third-order valence-electron chi connectivity index (χ3n) is 4.87. The maximum atomic E-state index is 5.45. The van der Waals surface area contributed by atoms with Crippen molar-refractivity contribution in [3.8, 4) is 5.75 Å². The molecule has 0 radical (unpaired) electrons. The van der Waals surface area contributed by atoms with Crippen LogP contribution in [0.15, 0.2) is 48.5 Å². The van der Waals surface area contributed by atoms with E-state index < -0.39 is 0 Å². The van der Waals surface area contributed by atoms with Crippen molar-refractivity contribution in [3.63, 3.8) is 0 Å². The summed E-state index contributed by atoms with van der Waals surface area (Å²) in [5.41, 5.74) is 3.61. The predicted molar refractivity (Wildman–Crippen MR) is 113 cm³/mol. The molecule has 3 rings (SSSR count). The topological polar surface area (TPSA) is 36.5 Å². The monoisotopic (exact) mass is 369 g/mol. The van der Waals surface area contributed by atoms with Crippen LogP contribution < -0.4 is 20.3 Å². The number of benzene rings is 2. The van der Waals surface area contributed by atoms with Crippen molar-refractivity contribution in [3.05, 3.63) is 54.1 Å². The van der Waals surface area contributed by atoms with E-state index in [2.05, 4.69) is 52.8 Å². The highest BCUT2D eigenvalue weighted by Crippen LogP contribution is 2.25. The smallest absolute Gasteiger partial charge is 0.170 e. The van der Waals surface area contributed by atoms with Crippen LogP contribution in [-0.2, 0) is 6.42 Å². The zero-order valence-corrected chi connectivity index (χ0v) is 16.3. The van der Waals surface area contributed by atoms with Gasteiger partial charge in [-0.15, -0.1) is 0 Å². The van der Waals surface area contributed by atoms with Gasteiger partial charge in [-0.25, -0.2) is 0 Å². The Kier molecular flexibility index (Phi) is 6.34. The van der Waals surface area contributed by atoms with Crippen LogP contribution in [0.25, 0.3) is 0 Å². The summed E-state index contributed by atoms with van der Waals surface area (Å²) in [5.74, 6) is 1.49. The van der Waals surface area contributed by atoms with E-state index in [-0.39, 0.29) is 0 Å². The van der Waals surface area contributed by atoms with Crippen LogP contribution in [0.5, 0.6) is 5.75 Å². The van der Waals surface area contributed by atoms with Gasteiger partial charge in [-0.1, -0.05) is 19.1 Å². The number of nitrogens with zero attached hydrogens (tertiary/aromatic N) is 1. The highest BCUT2D eigenvalue weighted by Gasteiger charge is 2.22. The van der Waals surface area contributed by atoms with Crippen molar-refractivity contribution >= 4 is 28.7 Å². The average Bonchev–Trinajstić information content (AvgIpc) is 3.15. The second-order valence-corrected chi connectivity index (χ2v) is 7.10. The van der Waals surface area contributed by atoms with Crippen LogP contribution in [0.1, 0.15) is 18.9 Å². The van der Waals surface area contributed by atoms with Gasteiger partial charge in [-0.2, -0.15) is 0 Å². The van der Waals surface area contributed by atoms with Gasteiger partial charge in [0.25, 0.3) is 0 Å². The van der Waals surface area contributed by atoms with Gasteiger partial charge >= 0.3 is 0 Å². The molecule has 0 saturated carbocycles.